The average molecular weight is 211 g/mol. The Labute approximate surface area is 83.2 Å². The molecule has 0 amide bonds. The van der Waals surface area contributed by atoms with E-state index >= 15 is 0 Å². The first kappa shape index (κ1) is 9.07. The third kappa shape index (κ3) is 2.05. The molecule has 0 radical (unpaired) electrons. The molecule has 2 aromatic heterocycles. The minimum atomic E-state index is -0.560. The van der Waals surface area contributed by atoms with Gasteiger partial charge in [0.05, 0.1) is 0 Å². The first-order valence-electron chi connectivity index (χ1n) is 3.78. The number of H-pyrrole nitrogens is 1. The second kappa shape index (κ2) is 3.70. The largest absolute Gasteiger partial charge is 0.262 e. The van der Waals surface area contributed by atoms with Crippen molar-refractivity contribution in [1.29, 1.82) is 0 Å². The lowest BCUT2D eigenvalue weighted by Crippen LogP contribution is -1.87. The Hall–Kier alpha value is -1.50. The van der Waals surface area contributed by atoms with Gasteiger partial charge in [-0.25, -0.2) is 15.0 Å². The van der Waals surface area contributed by atoms with Gasteiger partial charge in [0, 0.05) is 6.07 Å². The second-order valence-electron chi connectivity index (χ2n) is 2.48. The molecule has 14 heavy (non-hydrogen) atoms. The standard InChI is InChI=1S/C7H6FN5S/c1-4-11-7(13-12-4)14-6-2-5(8)9-3-10-6/h2-3H,1H3,(H,11,12,13). The van der Waals surface area contributed by atoms with Crippen LogP contribution in [0.1, 0.15) is 5.82 Å². The number of aromatic amines is 1. The zero-order valence-electron chi connectivity index (χ0n) is 7.23. The van der Waals surface area contributed by atoms with Crippen LogP contribution in [-0.4, -0.2) is 25.1 Å². The van der Waals surface area contributed by atoms with Crippen molar-refractivity contribution in [3.8, 4) is 0 Å². The van der Waals surface area contributed by atoms with Gasteiger partial charge in [0.2, 0.25) is 11.1 Å². The summed E-state index contributed by atoms with van der Waals surface area (Å²) < 4.78 is 12.7. The molecular weight excluding hydrogens is 205 g/mol. The van der Waals surface area contributed by atoms with Crippen LogP contribution in [0.2, 0.25) is 0 Å². The Morgan fingerprint density at radius 1 is 1.43 bits per heavy atom. The van der Waals surface area contributed by atoms with E-state index in [-0.39, 0.29) is 0 Å². The Morgan fingerprint density at radius 2 is 2.29 bits per heavy atom. The minimum absolute atomic E-state index is 0.483. The average Bonchev–Trinajstić information content (AvgIpc) is 2.51. The van der Waals surface area contributed by atoms with Crippen molar-refractivity contribution in [3.05, 3.63) is 24.2 Å². The summed E-state index contributed by atoms with van der Waals surface area (Å²) in [5.74, 6) is 0.150. The number of nitrogens with one attached hydrogen (secondary N) is 1. The molecule has 2 aromatic rings. The SMILES string of the molecule is Cc1nc(Sc2cc(F)ncn2)n[nH]1. The Morgan fingerprint density at radius 3 is 2.93 bits per heavy atom. The lowest BCUT2D eigenvalue weighted by atomic mass is 10.7. The maximum Gasteiger partial charge on any atom is 0.217 e. The summed E-state index contributed by atoms with van der Waals surface area (Å²) in [5, 5.41) is 7.57. The van der Waals surface area contributed by atoms with Crippen LogP contribution in [0.25, 0.3) is 0 Å². The van der Waals surface area contributed by atoms with Crippen LogP contribution in [0, 0.1) is 12.9 Å². The van der Waals surface area contributed by atoms with Gasteiger partial charge in [0.25, 0.3) is 0 Å². The molecule has 0 aromatic carbocycles. The summed E-state index contributed by atoms with van der Waals surface area (Å²) in [6.45, 7) is 1.79. The molecule has 0 aliphatic rings. The van der Waals surface area contributed by atoms with E-state index < -0.39 is 5.95 Å². The van der Waals surface area contributed by atoms with Gasteiger partial charge in [0.15, 0.2) is 0 Å². The predicted molar refractivity (Wildman–Crippen MR) is 47.2 cm³/mol. The molecule has 0 unspecified atom stereocenters. The monoisotopic (exact) mass is 211 g/mol. The molecule has 0 fully saturated rings. The Balaban J connectivity index is 2.18. The first-order chi connectivity index (χ1) is 6.74. The summed E-state index contributed by atoms with van der Waals surface area (Å²) in [6.07, 6.45) is 1.16. The lowest BCUT2D eigenvalue weighted by molar-refractivity contribution is 0.572. The van der Waals surface area contributed by atoms with E-state index in [4.69, 9.17) is 0 Å². The highest BCUT2D eigenvalue weighted by molar-refractivity contribution is 7.99. The molecule has 2 rings (SSSR count). The highest BCUT2D eigenvalue weighted by Crippen LogP contribution is 2.21. The van der Waals surface area contributed by atoms with Crippen LogP contribution >= 0.6 is 11.8 Å². The lowest BCUT2D eigenvalue weighted by Gasteiger charge is -1.93. The highest BCUT2D eigenvalue weighted by Gasteiger charge is 2.04. The van der Waals surface area contributed by atoms with E-state index in [1.807, 2.05) is 0 Å². The van der Waals surface area contributed by atoms with Crippen molar-refractivity contribution >= 4 is 11.8 Å². The fraction of sp³-hybridized carbons (Fsp3) is 0.143. The third-order valence-electron chi connectivity index (χ3n) is 1.38. The van der Waals surface area contributed by atoms with Gasteiger partial charge >= 0.3 is 0 Å². The zero-order valence-corrected chi connectivity index (χ0v) is 8.05. The van der Waals surface area contributed by atoms with Gasteiger partial charge in [-0.3, -0.25) is 5.10 Å². The number of aryl methyl sites for hydroxylation is 1. The second-order valence-corrected chi connectivity index (χ2v) is 3.47. The summed E-state index contributed by atoms with van der Waals surface area (Å²) >= 11 is 1.18. The molecule has 0 spiro atoms. The third-order valence-corrected chi connectivity index (χ3v) is 2.18. The van der Waals surface area contributed by atoms with Crippen molar-refractivity contribution in [2.75, 3.05) is 0 Å². The normalized spacial score (nSPS) is 10.4. The maximum absolute atomic E-state index is 12.7. The van der Waals surface area contributed by atoms with Crippen molar-refractivity contribution in [3.63, 3.8) is 0 Å². The number of rotatable bonds is 2. The number of halogens is 1. The van der Waals surface area contributed by atoms with Crippen LogP contribution in [0.15, 0.2) is 22.6 Å². The topological polar surface area (TPSA) is 67.3 Å². The summed E-state index contributed by atoms with van der Waals surface area (Å²) in [5.41, 5.74) is 0. The molecule has 0 aliphatic heterocycles. The van der Waals surface area contributed by atoms with E-state index in [1.165, 1.54) is 17.8 Å². The van der Waals surface area contributed by atoms with Gasteiger partial charge < -0.3 is 0 Å². The van der Waals surface area contributed by atoms with Crippen LogP contribution in [0.3, 0.4) is 0 Å². The fourth-order valence-corrected chi connectivity index (χ4v) is 1.55. The first-order valence-corrected chi connectivity index (χ1v) is 4.60. The van der Waals surface area contributed by atoms with E-state index in [2.05, 4.69) is 25.1 Å². The quantitative estimate of drug-likeness (QED) is 0.756. The molecule has 72 valence electrons. The van der Waals surface area contributed by atoms with Crippen molar-refractivity contribution < 1.29 is 4.39 Å². The van der Waals surface area contributed by atoms with E-state index in [1.54, 1.807) is 6.92 Å². The van der Waals surface area contributed by atoms with Crippen molar-refractivity contribution in [1.82, 2.24) is 25.1 Å². The predicted octanol–water partition coefficient (Wildman–Crippen LogP) is 1.19. The number of nitrogens with zero attached hydrogens (tertiary/aromatic N) is 4. The maximum atomic E-state index is 12.7. The van der Waals surface area contributed by atoms with E-state index in [0.717, 1.165) is 6.33 Å². The van der Waals surface area contributed by atoms with Gasteiger partial charge in [-0.1, -0.05) is 0 Å². The summed E-state index contributed by atoms with van der Waals surface area (Å²) in [4.78, 5) is 11.3. The molecule has 1 N–H and O–H groups in total. The van der Waals surface area contributed by atoms with Crippen molar-refractivity contribution in [2.45, 2.75) is 17.1 Å². The minimum Gasteiger partial charge on any atom is -0.262 e. The van der Waals surface area contributed by atoms with Gasteiger partial charge in [0.1, 0.15) is 17.2 Å². The number of hydrogen-bond donors (Lipinski definition) is 1. The van der Waals surface area contributed by atoms with Gasteiger partial charge in [-0.2, -0.15) is 4.39 Å². The molecule has 7 heteroatoms. The van der Waals surface area contributed by atoms with E-state index in [9.17, 15) is 4.39 Å². The van der Waals surface area contributed by atoms with Crippen molar-refractivity contribution in [2.24, 2.45) is 0 Å². The van der Waals surface area contributed by atoms with E-state index in [0.29, 0.717) is 16.0 Å². The zero-order chi connectivity index (χ0) is 9.97. The molecule has 2 heterocycles. The Kier molecular flexibility index (Phi) is 2.40. The number of hydrogen-bond acceptors (Lipinski definition) is 5. The molecule has 5 nitrogen and oxygen atoms in total. The van der Waals surface area contributed by atoms with Crippen LogP contribution in [0.5, 0.6) is 0 Å². The molecular formula is C7H6FN5S. The molecule has 0 bridgehead atoms. The molecule has 0 atom stereocenters. The van der Waals surface area contributed by atoms with Crippen LogP contribution < -0.4 is 0 Å². The molecule has 0 aliphatic carbocycles. The molecule has 0 saturated heterocycles. The fourth-order valence-electron chi connectivity index (χ4n) is 0.835. The Bertz CT molecular complexity index is 443. The summed E-state index contributed by atoms with van der Waals surface area (Å²) in [7, 11) is 0. The van der Waals surface area contributed by atoms with Gasteiger partial charge in [-0.05, 0) is 18.7 Å². The van der Waals surface area contributed by atoms with Crippen LogP contribution in [-0.2, 0) is 0 Å². The van der Waals surface area contributed by atoms with Crippen LogP contribution in [0.4, 0.5) is 4.39 Å². The summed E-state index contributed by atoms with van der Waals surface area (Å²) in [6, 6.07) is 1.23. The molecule has 0 saturated carbocycles. The number of aromatic nitrogens is 5. The smallest absolute Gasteiger partial charge is 0.217 e. The van der Waals surface area contributed by atoms with Gasteiger partial charge in [-0.15, -0.1) is 5.10 Å². The highest BCUT2D eigenvalue weighted by atomic mass is 32.2.